The first-order valence-electron chi connectivity index (χ1n) is 4.83. The standard InChI is InChI=1S/C9H14F2N2O/c10-8(11)7-2-1-6-5-12-3-4-13(6)9(7)14/h2,6,8-9,12,14H,1,3-5H2. The summed E-state index contributed by atoms with van der Waals surface area (Å²) in [6.45, 7) is 2.16. The van der Waals surface area contributed by atoms with Crippen molar-refractivity contribution in [3.63, 3.8) is 0 Å². The van der Waals surface area contributed by atoms with Crippen molar-refractivity contribution in [3.8, 4) is 0 Å². The first kappa shape index (κ1) is 10.0. The third kappa shape index (κ3) is 1.67. The van der Waals surface area contributed by atoms with E-state index in [-0.39, 0.29) is 11.6 Å². The summed E-state index contributed by atoms with van der Waals surface area (Å²) in [7, 11) is 0. The van der Waals surface area contributed by atoms with E-state index >= 15 is 0 Å². The molecule has 2 N–H and O–H groups in total. The van der Waals surface area contributed by atoms with Crippen LogP contribution in [0.5, 0.6) is 0 Å². The van der Waals surface area contributed by atoms with Crippen molar-refractivity contribution in [3.05, 3.63) is 11.6 Å². The molecule has 2 aliphatic heterocycles. The Labute approximate surface area is 81.4 Å². The molecule has 2 heterocycles. The summed E-state index contributed by atoms with van der Waals surface area (Å²) in [6.07, 6.45) is -1.55. The zero-order valence-corrected chi connectivity index (χ0v) is 7.79. The lowest BCUT2D eigenvalue weighted by Gasteiger charge is -2.42. The molecule has 0 saturated carbocycles. The molecule has 0 bridgehead atoms. The molecule has 0 radical (unpaired) electrons. The van der Waals surface area contributed by atoms with E-state index in [1.807, 2.05) is 0 Å². The Hall–Kier alpha value is -0.520. The number of aliphatic hydroxyl groups is 1. The van der Waals surface area contributed by atoms with Crippen molar-refractivity contribution in [2.45, 2.75) is 25.1 Å². The van der Waals surface area contributed by atoms with Gasteiger partial charge in [-0.3, -0.25) is 4.90 Å². The van der Waals surface area contributed by atoms with Crippen molar-refractivity contribution in [1.29, 1.82) is 0 Å². The maximum atomic E-state index is 12.5. The van der Waals surface area contributed by atoms with Crippen molar-refractivity contribution in [2.75, 3.05) is 19.6 Å². The summed E-state index contributed by atoms with van der Waals surface area (Å²) in [5.41, 5.74) is -0.136. The van der Waals surface area contributed by atoms with Gasteiger partial charge in [-0.25, -0.2) is 8.78 Å². The van der Waals surface area contributed by atoms with Crippen molar-refractivity contribution < 1.29 is 13.9 Å². The maximum absolute atomic E-state index is 12.5. The second-order valence-electron chi connectivity index (χ2n) is 3.71. The predicted octanol–water partition coefficient (Wildman–Crippen LogP) is 0.174. The van der Waals surface area contributed by atoms with E-state index < -0.39 is 12.7 Å². The lowest BCUT2D eigenvalue weighted by atomic mass is 9.99. The van der Waals surface area contributed by atoms with Crippen LogP contribution in [0.4, 0.5) is 8.78 Å². The molecule has 0 aromatic heterocycles. The first-order chi connectivity index (χ1) is 6.70. The molecule has 1 saturated heterocycles. The molecule has 0 aromatic carbocycles. The Balaban J connectivity index is 2.14. The minimum Gasteiger partial charge on any atom is -0.374 e. The summed E-state index contributed by atoms with van der Waals surface area (Å²) in [6, 6.07) is 0.168. The highest BCUT2D eigenvalue weighted by Gasteiger charge is 2.35. The predicted molar refractivity (Wildman–Crippen MR) is 48.1 cm³/mol. The molecule has 0 spiro atoms. The van der Waals surface area contributed by atoms with Crippen LogP contribution in [-0.4, -0.2) is 48.3 Å². The van der Waals surface area contributed by atoms with Gasteiger partial charge in [0.1, 0.15) is 6.23 Å². The van der Waals surface area contributed by atoms with Gasteiger partial charge in [-0.1, -0.05) is 6.08 Å². The molecule has 2 rings (SSSR count). The van der Waals surface area contributed by atoms with Crippen LogP contribution in [0.15, 0.2) is 11.6 Å². The topological polar surface area (TPSA) is 35.5 Å². The van der Waals surface area contributed by atoms with Crippen LogP contribution in [-0.2, 0) is 0 Å². The summed E-state index contributed by atoms with van der Waals surface area (Å²) >= 11 is 0. The highest BCUT2D eigenvalue weighted by atomic mass is 19.3. The molecule has 3 nitrogen and oxygen atoms in total. The second-order valence-corrected chi connectivity index (χ2v) is 3.71. The molecule has 80 valence electrons. The smallest absolute Gasteiger partial charge is 0.263 e. The fourth-order valence-corrected chi connectivity index (χ4v) is 2.09. The van der Waals surface area contributed by atoms with E-state index in [4.69, 9.17) is 0 Å². The summed E-state index contributed by atoms with van der Waals surface area (Å²) in [4.78, 5) is 1.75. The lowest BCUT2D eigenvalue weighted by molar-refractivity contribution is -0.0350. The van der Waals surface area contributed by atoms with E-state index in [1.54, 1.807) is 4.90 Å². The molecule has 14 heavy (non-hydrogen) atoms. The average molecular weight is 204 g/mol. The number of hydrogen-bond acceptors (Lipinski definition) is 3. The van der Waals surface area contributed by atoms with Crippen LogP contribution in [0.2, 0.25) is 0 Å². The quantitative estimate of drug-likeness (QED) is 0.598. The number of aliphatic hydroxyl groups excluding tert-OH is 1. The highest BCUT2D eigenvalue weighted by Crippen LogP contribution is 2.26. The molecule has 2 unspecified atom stereocenters. The monoisotopic (exact) mass is 204 g/mol. The Morgan fingerprint density at radius 2 is 2.36 bits per heavy atom. The minimum absolute atomic E-state index is 0.136. The van der Waals surface area contributed by atoms with Crippen LogP contribution in [0.25, 0.3) is 0 Å². The molecular weight excluding hydrogens is 190 g/mol. The highest BCUT2D eigenvalue weighted by molar-refractivity contribution is 5.16. The van der Waals surface area contributed by atoms with Crippen molar-refractivity contribution in [2.24, 2.45) is 0 Å². The van der Waals surface area contributed by atoms with Crippen LogP contribution >= 0.6 is 0 Å². The number of fused-ring (bicyclic) bond motifs is 1. The zero-order chi connectivity index (χ0) is 10.1. The fraction of sp³-hybridized carbons (Fsp3) is 0.778. The third-order valence-corrected chi connectivity index (χ3v) is 2.89. The van der Waals surface area contributed by atoms with Crippen LogP contribution < -0.4 is 5.32 Å². The van der Waals surface area contributed by atoms with Crippen molar-refractivity contribution in [1.82, 2.24) is 10.2 Å². The summed E-state index contributed by atoms with van der Waals surface area (Å²) in [5, 5.41) is 12.9. The van der Waals surface area contributed by atoms with Gasteiger partial charge < -0.3 is 10.4 Å². The third-order valence-electron chi connectivity index (χ3n) is 2.89. The fourth-order valence-electron chi connectivity index (χ4n) is 2.09. The van der Waals surface area contributed by atoms with Crippen molar-refractivity contribution >= 4 is 0 Å². The maximum Gasteiger partial charge on any atom is 0.263 e. The van der Waals surface area contributed by atoms with Gasteiger partial charge in [0.05, 0.1) is 0 Å². The largest absolute Gasteiger partial charge is 0.374 e. The molecular formula is C9H14F2N2O. The lowest BCUT2D eigenvalue weighted by Crippen LogP contribution is -2.57. The molecule has 2 atom stereocenters. The van der Waals surface area contributed by atoms with E-state index in [0.29, 0.717) is 13.0 Å². The number of alkyl halides is 2. The second kappa shape index (κ2) is 3.92. The Bertz CT molecular complexity index is 245. The molecule has 2 aliphatic rings. The van der Waals surface area contributed by atoms with Gasteiger partial charge >= 0.3 is 0 Å². The number of nitrogens with one attached hydrogen (secondary N) is 1. The van der Waals surface area contributed by atoms with Gasteiger partial charge in [0.15, 0.2) is 0 Å². The van der Waals surface area contributed by atoms with Crippen LogP contribution in [0.3, 0.4) is 0 Å². The summed E-state index contributed by atoms with van der Waals surface area (Å²) < 4.78 is 24.9. The molecule has 0 aromatic rings. The van der Waals surface area contributed by atoms with Gasteiger partial charge in [-0.2, -0.15) is 0 Å². The number of nitrogens with zero attached hydrogens (tertiary/aromatic N) is 1. The minimum atomic E-state index is -2.54. The Morgan fingerprint density at radius 1 is 1.57 bits per heavy atom. The van der Waals surface area contributed by atoms with Crippen LogP contribution in [0.1, 0.15) is 6.42 Å². The van der Waals surface area contributed by atoms with Gasteiger partial charge in [-0.15, -0.1) is 0 Å². The van der Waals surface area contributed by atoms with E-state index in [9.17, 15) is 13.9 Å². The van der Waals surface area contributed by atoms with Gasteiger partial charge in [0.2, 0.25) is 0 Å². The first-order valence-corrected chi connectivity index (χ1v) is 4.83. The molecule has 0 amide bonds. The average Bonchev–Trinajstić information content (AvgIpc) is 2.18. The number of hydrogen-bond donors (Lipinski definition) is 2. The normalized spacial score (nSPS) is 34.1. The van der Waals surface area contributed by atoms with Crippen LogP contribution in [0, 0.1) is 0 Å². The van der Waals surface area contributed by atoms with Gasteiger partial charge in [0.25, 0.3) is 6.43 Å². The number of rotatable bonds is 1. The van der Waals surface area contributed by atoms with Gasteiger partial charge in [0, 0.05) is 31.2 Å². The number of halogens is 2. The molecule has 5 heteroatoms. The zero-order valence-electron chi connectivity index (χ0n) is 7.79. The SMILES string of the molecule is OC1C(C(F)F)=CCC2CNCCN21. The molecule has 0 aliphatic carbocycles. The Morgan fingerprint density at radius 3 is 3.07 bits per heavy atom. The molecule has 1 fully saturated rings. The Kier molecular flexibility index (Phi) is 2.80. The van der Waals surface area contributed by atoms with Gasteiger partial charge in [-0.05, 0) is 6.42 Å². The van der Waals surface area contributed by atoms with E-state index in [1.165, 1.54) is 6.08 Å². The summed E-state index contributed by atoms with van der Waals surface area (Å²) in [5.74, 6) is 0. The number of piperazine rings is 1. The van der Waals surface area contributed by atoms with E-state index in [2.05, 4.69) is 5.32 Å². The van der Waals surface area contributed by atoms with E-state index in [0.717, 1.165) is 13.1 Å².